The number of benzene rings is 2. The van der Waals surface area contributed by atoms with Gasteiger partial charge in [0.15, 0.2) is 11.5 Å². The number of methoxy groups -OCH3 is 1. The van der Waals surface area contributed by atoms with E-state index in [9.17, 15) is 4.79 Å². The minimum Gasteiger partial charge on any atom is -0.496 e. The lowest BCUT2D eigenvalue weighted by atomic mass is 10.1. The highest BCUT2D eigenvalue weighted by molar-refractivity contribution is 5.92. The summed E-state index contributed by atoms with van der Waals surface area (Å²) in [6.45, 7) is 2.16. The predicted molar refractivity (Wildman–Crippen MR) is 91.2 cm³/mol. The summed E-state index contributed by atoms with van der Waals surface area (Å²) in [4.78, 5) is 12.1. The summed E-state index contributed by atoms with van der Waals surface area (Å²) in [5.74, 6) is 1.99. The van der Waals surface area contributed by atoms with Crippen molar-refractivity contribution in [3.63, 3.8) is 0 Å². The number of para-hydroxylation sites is 1. The first-order valence-electron chi connectivity index (χ1n) is 7.68. The minimum absolute atomic E-state index is 0.144. The number of rotatable bonds is 5. The van der Waals surface area contributed by atoms with Crippen LogP contribution in [0.15, 0.2) is 48.5 Å². The Hall–Kier alpha value is -2.95. The van der Waals surface area contributed by atoms with Crippen LogP contribution in [-0.2, 0) is 4.79 Å². The quantitative estimate of drug-likeness (QED) is 0.857. The van der Waals surface area contributed by atoms with Crippen molar-refractivity contribution in [3.8, 4) is 17.2 Å². The standard InChI is InChI=1S/C19H19NO4/c1-13(15-7-9-17-18(11-15)24-12-23-17)20-19(21)10-8-14-5-3-4-6-16(14)22-2/h3-11,13H,12H2,1-2H3,(H,20,21)/b10-8-. The van der Waals surface area contributed by atoms with E-state index in [-0.39, 0.29) is 18.7 Å². The molecule has 2 aromatic carbocycles. The van der Waals surface area contributed by atoms with Crippen LogP contribution < -0.4 is 19.5 Å². The van der Waals surface area contributed by atoms with Gasteiger partial charge in [-0.15, -0.1) is 0 Å². The summed E-state index contributed by atoms with van der Waals surface area (Å²) < 4.78 is 15.9. The molecule has 1 heterocycles. The lowest BCUT2D eigenvalue weighted by Crippen LogP contribution is -2.24. The van der Waals surface area contributed by atoms with E-state index in [0.717, 1.165) is 22.6 Å². The van der Waals surface area contributed by atoms with E-state index in [2.05, 4.69) is 5.32 Å². The molecule has 0 spiro atoms. The molecule has 3 rings (SSSR count). The number of hydrogen-bond donors (Lipinski definition) is 1. The second kappa shape index (κ2) is 7.08. The van der Waals surface area contributed by atoms with Gasteiger partial charge >= 0.3 is 0 Å². The summed E-state index contributed by atoms with van der Waals surface area (Å²) in [5.41, 5.74) is 1.81. The molecule has 5 heteroatoms. The molecule has 0 radical (unpaired) electrons. The van der Waals surface area contributed by atoms with Gasteiger partial charge in [0.2, 0.25) is 12.7 Å². The highest BCUT2D eigenvalue weighted by atomic mass is 16.7. The van der Waals surface area contributed by atoms with E-state index in [1.54, 1.807) is 13.2 Å². The Morgan fingerprint density at radius 1 is 1.21 bits per heavy atom. The van der Waals surface area contributed by atoms with E-state index in [1.807, 2.05) is 49.4 Å². The maximum absolute atomic E-state index is 12.1. The third-order valence-electron chi connectivity index (χ3n) is 3.81. The van der Waals surface area contributed by atoms with Gasteiger partial charge in [-0.2, -0.15) is 0 Å². The van der Waals surface area contributed by atoms with Crippen molar-refractivity contribution in [3.05, 3.63) is 59.7 Å². The number of carbonyl (C=O) groups excluding carboxylic acids is 1. The predicted octanol–water partition coefficient (Wildman–Crippen LogP) is 3.31. The maximum Gasteiger partial charge on any atom is 0.244 e. The van der Waals surface area contributed by atoms with Crippen LogP contribution in [0.1, 0.15) is 24.1 Å². The van der Waals surface area contributed by atoms with E-state index in [1.165, 1.54) is 6.08 Å². The van der Waals surface area contributed by atoms with E-state index < -0.39 is 0 Å². The average Bonchev–Trinajstić information content (AvgIpc) is 3.07. The van der Waals surface area contributed by atoms with Crippen molar-refractivity contribution in [1.82, 2.24) is 5.32 Å². The lowest BCUT2D eigenvalue weighted by Gasteiger charge is -2.13. The van der Waals surface area contributed by atoms with Crippen LogP contribution in [-0.4, -0.2) is 19.8 Å². The Morgan fingerprint density at radius 2 is 2.00 bits per heavy atom. The van der Waals surface area contributed by atoms with E-state index >= 15 is 0 Å². The molecular formula is C19H19NO4. The summed E-state index contributed by atoms with van der Waals surface area (Å²) >= 11 is 0. The molecule has 0 saturated heterocycles. The van der Waals surface area contributed by atoms with Gasteiger partial charge in [0.05, 0.1) is 13.2 Å². The average molecular weight is 325 g/mol. The van der Waals surface area contributed by atoms with Gasteiger partial charge in [0.1, 0.15) is 5.75 Å². The zero-order chi connectivity index (χ0) is 16.9. The van der Waals surface area contributed by atoms with Gasteiger partial charge in [-0.1, -0.05) is 24.3 Å². The van der Waals surface area contributed by atoms with Gasteiger partial charge in [-0.25, -0.2) is 0 Å². The highest BCUT2D eigenvalue weighted by Crippen LogP contribution is 2.34. The molecule has 1 aliphatic rings. The molecule has 1 aliphatic heterocycles. The number of ether oxygens (including phenoxy) is 3. The second-order valence-electron chi connectivity index (χ2n) is 5.42. The first-order valence-corrected chi connectivity index (χ1v) is 7.68. The van der Waals surface area contributed by atoms with Crippen LogP contribution in [0.3, 0.4) is 0 Å². The number of fused-ring (bicyclic) bond motifs is 1. The van der Waals surface area contributed by atoms with Crippen molar-refractivity contribution in [2.45, 2.75) is 13.0 Å². The molecule has 124 valence electrons. The van der Waals surface area contributed by atoms with Crippen LogP contribution in [0.25, 0.3) is 6.08 Å². The zero-order valence-corrected chi connectivity index (χ0v) is 13.6. The van der Waals surface area contributed by atoms with Crippen molar-refractivity contribution in [1.29, 1.82) is 0 Å². The molecule has 0 saturated carbocycles. The van der Waals surface area contributed by atoms with Crippen LogP contribution in [0.2, 0.25) is 0 Å². The highest BCUT2D eigenvalue weighted by Gasteiger charge is 2.16. The van der Waals surface area contributed by atoms with E-state index in [0.29, 0.717) is 5.75 Å². The number of amides is 1. The third-order valence-corrected chi connectivity index (χ3v) is 3.81. The molecule has 24 heavy (non-hydrogen) atoms. The number of hydrogen-bond acceptors (Lipinski definition) is 4. The normalized spacial score (nSPS) is 13.8. The molecule has 2 aromatic rings. The largest absolute Gasteiger partial charge is 0.496 e. The molecule has 1 unspecified atom stereocenters. The molecule has 0 bridgehead atoms. The van der Waals surface area contributed by atoms with Crippen LogP contribution in [0.4, 0.5) is 0 Å². The van der Waals surface area contributed by atoms with E-state index in [4.69, 9.17) is 14.2 Å². The zero-order valence-electron chi connectivity index (χ0n) is 13.6. The number of nitrogens with one attached hydrogen (secondary N) is 1. The smallest absolute Gasteiger partial charge is 0.244 e. The van der Waals surface area contributed by atoms with Crippen molar-refractivity contribution in [2.75, 3.05) is 13.9 Å². The van der Waals surface area contributed by atoms with Gasteiger partial charge in [0.25, 0.3) is 0 Å². The Kier molecular flexibility index (Phi) is 4.70. The Morgan fingerprint density at radius 3 is 2.83 bits per heavy atom. The van der Waals surface area contributed by atoms with Crippen molar-refractivity contribution >= 4 is 12.0 Å². The van der Waals surface area contributed by atoms with Gasteiger partial charge in [-0.3, -0.25) is 4.79 Å². The molecular weight excluding hydrogens is 306 g/mol. The van der Waals surface area contributed by atoms with Crippen molar-refractivity contribution in [2.24, 2.45) is 0 Å². The van der Waals surface area contributed by atoms with Gasteiger partial charge in [-0.05, 0) is 36.8 Å². The summed E-state index contributed by atoms with van der Waals surface area (Å²) in [6.07, 6.45) is 3.24. The second-order valence-corrected chi connectivity index (χ2v) is 5.42. The lowest BCUT2D eigenvalue weighted by molar-refractivity contribution is -0.117. The Balaban J connectivity index is 1.65. The SMILES string of the molecule is COc1ccccc1/C=C\C(=O)NC(C)c1ccc2c(c1)OCO2. The summed E-state index contributed by atoms with van der Waals surface area (Å²) in [6, 6.07) is 13.0. The molecule has 1 amide bonds. The third kappa shape index (κ3) is 3.51. The molecule has 1 N–H and O–H groups in total. The molecule has 1 atom stereocenters. The monoisotopic (exact) mass is 325 g/mol. The fourth-order valence-electron chi connectivity index (χ4n) is 2.50. The summed E-state index contributed by atoms with van der Waals surface area (Å²) in [7, 11) is 1.61. The number of carbonyl (C=O) groups is 1. The van der Waals surface area contributed by atoms with Crippen LogP contribution >= 0.6 is 0 Å². The summed E-state index contributed by atoms with van der Waals surface area (Å²) in [5, 5.41) is 2.93. The van der Waals surface area contributed by atoms with Gasteiger partial charge < -0.3 is 19.5 Å². The fraction of sp³-hybridized carbons (Fsp3) is 0.211. The first-order chi connectivity index (χ1) is 11.7. The topological polar surface area (TPSA) is 56.8 Å². The molecule has 0 aromatic heterocycles. The van der Waals surface area contributed by atoms with Crippen LogP contribution in [0.5, 0.6) is 17.2 Å². The Labute approximate surface area is 140 Å². The maximum atomic E-state index is 12.1. The minimum atomic E-state index is -0.175. The molecule has 0 aliphatic carbocycles. The van der Waals surface area contributed by atoms with Gasteiger partial charge in [0, 0.05) is 11.6 Å². The molecule has 0 fully saturated rings. The first kappa shape index (κ1) is 15.9. The van der Waals surface area contributed by atoms with Crippen LogP contribution in [0, 0.1) is 0 Å². The molecule has 5 nitrogen and oxygen atoms in total. The Bertz CT molecular complexity index is 770. The van der Waals surface area contributed by atoms with Crippen molar-refractivity contribution < 1.29 is 19.0 Å². The fourth-order valence-corrected chi connectivity index (χ4v) is 2.50.